The summed E-state index contributed by atoms with van der Waals surface area (Å²) in [6, 6.07) is 18.1. The van der Waals surface area contributed by atoms with Crippen LogP contribution in [-0.2, 0) is 9.68 Å². The van der Waals surface area contributed by atoms with Gasteiger partial charge in [-0.25, -0.2) is 4.79 Å². The van der Waals surface area contributed by atoms with Crippen LogP contribution < -0.4 is 9.62 Å². The molecule has 0 aliphatic carbocycles. The van der Waals surface area contributed by atoms with Crippen molar-refractivity contribution in [2.75, 3.05) is 0 Å². The quantitative estimate of drug-likeness (QED) is 0.458. The molecule has 0 aliphatic heterocycles. The Hall–Kier alpha value is -2.75. The lowest BCUT2D eigenvalue weighted by atomic mass is 10.3. The van der Waals surface area contributed by atoms with Crippen LogP contribution in [0, 0.1) is 0 Å². The molecule has 0 unspecified atom stereocenters. The van der Waals surface area contributed by atoms with Gasteiger partial charge in [-0.3, -0.25) is 9.78 Å². The van der Waals surface area contributed by atoms with Gasteiger partial charge in [0.2, 0.25) is 0 Å². The summed E-state index contributed by atoms with van der Waals surface area (Å²) in [4.78, 5) is 20.9. The topological polar surface area (TPSA) is 44.8 Å². The Morgan fingerprint density at radius 2 is 1.50 bits per heavy atom. The number of carbonyl (C=O) groups excluding carboxylic acids is 1. The van der Waals surface area contributed by atoms with Crippen LogP contribution in [0.2, 0.25) is 0 Å². The van der Waals surface area contributed by atoms with Crippen LogP contribution in [0.25, 0.3) is 0 Å². The second-order valence-corrected chi connectivity index (χ2v) is 3.86. The molecule has 0 fully saturated rings. The first kappa shape index (κ1) is 13.7. The molecule has 2 rings (SSSR count). The zero-order valence-electron chi connectivity index (χ0n) is 10.8. The molecular weight excluding hydrogens is 256 g/mol. The fraction of sp³-hybridized carbons (Fsp3) is 0.0625. The van der Waals surface area contributed by atoms with Crippen molar-refractivity contribution < 1.29 is 19.3 Å². The molecule has 2 aromatic rings. The lowest BCUT2D eigenvalue weighted by Crippen LogP contribution is -2.06. The van der Waals surface area contributed by atoms with Crippen molar-refractivity contribution in [1.29, 1.82) is 0 Å². The van der Waals surface area contributed by atoms with E-state index in [1.807, 2.05) is 36.4 Å². The number of carbonyl (C=O) groups is 1. The summed E-state index contributed by atoms with van der Waals surface area (Å²) in [6.45, 7) is 0. The lowest BCUT2D eigenvalue weighted by Gasteiger charge is -2.02. The highest BCUT2D eigenvalue weighted by Crippen LogP contribution is 2.10. The van der Waals surface area contributed by atoms with Crippen LogP contribution in [0.3, 0.4) is 0 Å². The maximum absolute atomic E-state index is 11.4. The van der Waals surface area contributed by atoms with Crippen LogP contribution in [0.4, 0.5) is 0 Å². The summed E-state index contributed by atoms with van der Waals surface area (Å²) in [5.41, 5.74) is 0. The summed E-state index contributed by atoms with van der Waals surface area (Å²) in [7, 11) is 0. The van der Waals surface area contributed by atoms with Gasteiger partial charge in [0, 0.05) is 0 Å². The van der Waals surface area contributed by atoms with Crippen molar-refractivity contribution in [2.45, 2.75) is 6.42 Å². The number of ether oxygens (including phenoxy) is 1. The van der Waals surface area contributed by atoms with E-state index in [9.17, 15) is 4.79 Å². The second-order valence-electron chi connectivity index (χ2n) is 3.86. The van der Waals surface area contributed by atoms with Gasteiger partial charge in [0.15, 0.2) is 5.75 Å². The van der Waals surface area contributed by atoms with Gasteiger partial charge in [0.05, 0.1) is 12.7 Å². The van der Waals surface area contributed by atoms with Crippen molar-refractivity contribution in [1.82, 2.24) is 0 Å². The minimum atomic E-state index is -0.498. The Morgan fingerprint density at radius 1 is 0.900 bits per heavy atom. The van der Waals surface area contributed by atoms with Crippen LogP contribution in [-0.4, -0.2) is 5.97 Å². The third kappa shape index (κ3) is 4.86. The molecule has 0 saturated carbocycles. The second kappa shape index (κ2) is 7.63. The van der Waals surface area contributed by atoms with Crippen LogP contribution in [0.1, 0.15) is 6.42 Å². The van der Waals surface area contributed by atoms with Gasteiger partial charge in [-0.15, -0.1) is 0 Å². The molecule has 0 bridgehead atoms. The van der Waals surface area contributed by atoms with E-state index in [1.54, 1.807) is 30.3 Å². The van der Waals surface area contributed by atoms with Crippen LogP contribution in [0.5, 0.6) is 11.5 Å². The fourth-order valence-electron chi connectivity index (χ4n) is 1.37. The van der Waals surface area contributed by atoms with Gasteiger partial charge >= 0.3 is 5.97 Å². The van der Waals surface area contributed by atoms with Gasteiger partial charge in [-0.2, -0.15) is 0 Å². The largest absolute Gasteiger partial charge is 0.465 e. The molecule has 20 heavy (non-hydrogen) atoms. The maximum Gasteiger partial charge on any atom is 0.359 e. The Labute approximate surface area is 117 Å². The normalized spacial score (nSPS) is 10.2. The van der Waals surface area contributed by atoms with Crippen molar-refractivity contribution in [3.63, 3.8) is 0 Å². The molecule has 0 heterocycles. The van der Waals surface area contributed by atoms with E-state index in [0.717, 1.165) is 0 Å². The first-order valence-corrected chi connectivity index (χ1v) is 6.14. The molecule has 0 atom stereocenters. The first-order chi connectivity index (χ1) is 9.84. The average molecular weight is 270 g/mol. The molecule has 4 heteroatoms. The third-order valence-electron chi connectivity index (χ3n) is 2.30. The van der Waals surface area contributed by atoms with E-state index in [4.69, 9.17) is 9.62 Å². The predicted molar refractivity (Wildman–Crippen MR) is 74.0 cm³/mol. The third-order valence-corrected chi connectivity index (χ3v) is 2.30. The summed E-state index contributed by atoms with van der Waals surface area (Å²) >= 11 is 0. The van der Waals surface area contributed by atoms with Gasteiger partial charge in [-0.05, 0) is 30.3 Å². The van der Waals surface area contributed by atoms with E-state index >= 15 is 0 Å². The molecule has 0 spiro atoms. The van der Waals surface area contributed by atoms with E-state index in [-0.39, 0.29) is 6.42 Å². The number of para-hydroxylation sites is 2. The van der Waals surface area contributed by atoms with Crippen molar-refractivity contribution in [3.05, 3.63) is 73.0 Å². The van der Waals surface area contributed by atoms with Gasteiger partial charge in [0.1, 0.15) is 5.75 Å². The zero-order valence-corrected chi connectivity index (χ0v) is 10.8. The van der Waals surface area contributed by atoms with Gasteiger partial charge in [-0.1, -0.05) is 36.4 Å². The van der Waals surface area contributed by atoms with Crippen molar-refractivity contribution in [3.8, 4) is 11.5 Å². The van der Waals surface area contributed by atoms with Crippen LogP contribution in [0.15, 0.2) is 73.0 Å². The summed E-state index contributed by atoms with van der Waals surface area (Å²) < 4.78 is 5.29. The monoisotopic (exact) mass is 270 g/mol. The zero-order chi connectivity index (χ0) is 14.0. The molecule has 102 valence electrons. The molecule has 0 aliphatic rings. The summed E-state index contributed by atoms with van der Waals surface area (Å²) in [5, 5.41) is 0. The van der Waals surface area contributed by atoms with Gasteiger partial charge < -0.3 is 4.74 Å². The average Bonchev–Trinajstić information content (AvgIpc) is 2.52. The molecule has 0 saturated heterocycles. The summed E-state index contributed by atoms with van der Waals surface area (Å²) in [6.07, 6.45) is 3.07. The smallest absolute Gasteiger partial charge is 0.359 e. The highest BCUT2D eigenvalue weighted by atomic mass is 17.2. The molecule has 2 aromatic carbocycles. The first-order valence-electron chi connectivity index (χ1n) is 6.14. The molecule has 0 N–H and O–H groups in total. The molecule has 0 amide bonds. The minimum absolute atomic E-state index is 0.0691. The lowest BCUT2D eigenvalue weighted by molar-refractivity contribution is -0.212. The number of hydrogen-bond donors (Lipinski definition) is 0. The molecule has 0 radical (unpaired) electrons. The minimum Gasteiger partial charge on any atom is -0.465 e. The SMILES string of the molecule is O=C(CC=COc1ccccc1)OOc1ccccc1. The summed E-state index contributed by atoms with van der Waals surface area (Å²) in [5.74, 6) is 0.685. The van der Waals surface area contributed by atoms with Gasteiger partial charge in [0.25, 0.3) is 0 Å². The van der Waals surface area contributed by atoms with Crippen molar-refractivity contribution in [2.24, 2.45) is 0 Å². The Bertz CT molecular complexity index is 549. The number of benzene rings is 2. The number of rotatable bonds is 6. The Kier molecular flexibility index (Phi) is 5.22. The Morgan fingerprint density at radius 3 is 2.15 bits per heavy atom. The molecular formula is C16H14O4. The highest BCUT2D eigenvalue weighted by molar-refractivity contribution is 5.70. The maximum atomic E-state index is 11.4. The highest BCUT2D eigenvalue weighted by Gasteiger charge is 2.02. The fourth-order valence-corrected chi connectivity index (χ4v) is 1.37. The predicted octanol–water partition coefficient (Wildman–Crippen LogP) is 3.51. The van der Waals surface area contributed by atoms with Crippen LogP contribution >= 0.6 is 0 Å². The standard InChI is InChI=1S/C16H14O4/c17-16(20-19-15-10-5-2-6-11-15)12-7-13-18-14-8-3-1-4-9-14/h1-11,13H,12H2. The van der Waals surface area contributed by atoms with E-state index in [2.05, 4.69) is 4.89 Å². The Balaban J connectivity index is 1.67. The van der Waals surface area contributed by atoms with E-state index < -0.39 is 5.97 Å². The number of hydrogen-bond acceptors (Lipinski definition) is 4. The molecule has 0 aromatic heterocycles. The van der Waals surface area contributed by atoms with E-state index in [1.165, 1.54) is 6.26 Å². The van der Waals surface area contributed by atoms with E-state index in [0.29, 0.717) is 11.5 Å². The molecule has 4 nitrogen and oxygen atoms in total. The van der Waals surface area contributed by atoms with Crippen molar-refractivity contribution >= 4 is 5.97 Å².